The molecular formula is C19H19ClN6O2. The van der Waals surface area contributed by atoms with E-state index in [1.165, 1.54) is 4.90 Å². The first-order chi connectivity index (χ1) is 13.4. The van der Waals surface area contributed by atoms with Gasteiger partial charge in [-0.3, -0.25) is 14.7 Å². The molecular weight excluding hydrogens is 380 g/mol. The largest absolute Gasteiger partial charge is 0.325 e. The van der Waals surface area contributed by atoms with E-state index >= 15 is 0 Å². The van der Waals surface area contributed by atoms with E-state index in [1.807, 2.05) is 26.0 Å². The Morgan fingerprint density at radius 1 is 1.29 bits per heavy atom. The van der Waals surface area contributed by atoms with Gasteiger partial charge in [0.2, 0.25) is 0 Å². The van der Waals surface area contributed by atoms with E-state index in [9.17, 15) is 9.59 Å². The van der Waals surface area contributed by atoms with Crippen molar-refractivity contribution < 1.29 is 9.59 Å². The Labute approximate surface area is 166 Å². The van der Waals surface area contributed by atoms with Gasteiger partial charge in [0.25, 0.3) is 5.91 Å². The number of nitrogens with one attached hydrogen (secondary N) is 1. The Morgan fingerprint density at radius 2 is 2.11 bits per heavy atom. The minimum atomic E-state index is -0.664. The fourth-order valence-corrected chi connectivity index (χ4v) is 3.50. The third kappa shape index (κ3) is 3.43. The number of aromatic nitrogens is 4. The molecule has 1 aliphatic heterocycles. The van der Waals surface area contributed by atoms with Crippen molar-refractivity contribution in [1.29, 1.82) is 0 Å². The standard InChI is InChI=1S/C19H19ClN6O2/c1-11(2)26-10-15(23-24-26)8-16-18(27)25(19(28)22-16)9-13-7-14(20)6-12-4-3-5-21-17(12)13/h3-7,10-11,16H,8-9H2,1-2H3,(H,22,28)/t16-/m0/s1. The maximum absolute atomic E-state index is 12.8. The summed E-state index contributed by atoms with van der Waals surface area (Å²) >= 11 is 6.20. The molecule has 2 aromatic heterocycles. The van der Waals surface area contributed by atoms with Gasteiger partial charge in [0.1, 0.15) is 6.04 Å². The molecule has 0 spiro atoms. The van der Waals surface area contributed by atoms with E-state index in [2.05, 4.69) is 20.6 Å². The lowest BCUT2D eigenvalue weighted by Crippen LogP contribution is -2.32. The third-order valence-electron chi connectivity index (χ3n) is 4.68. The van der Waals surface area contributed by atoms with Crippen LogP contribution in [-0.2, 0) is 17.8 Å². The van der Waals surface area contributed by atoms with Crippen LogP contribution in [0.15, 0.2) is 36.7 Å². The highest BCUT2D eigenvalue weighted by Crippen LogP contribution is 2.25. The van der Waals surface area contributed by atoms with Gasteiger partial charge in [0.15, 0.2) is 0 Å². The van der Waals surface area contributed by atoms with Crippen LogP contribution in [0.5, 0.6) is 0 Å². The summed E-state index contributed by atoms with van der Waals surface area (Å²) in [6.07, 6.45) is 3.76. The quantitative estimate of drug-likeness (QED) is 0.667. The molecule has 0 bridgehead atoms. The fraction of sp³-hybridized carbons (Fsp3) is 0.316. The van der Waals surface area contributed by atoms with E-state index in [1.54, 1.807) is 29.2 Å². The molecule has 1 saturated heterocycles. The number of benzene rings is 1. The van der Waals surface area contributed by atoms with Crippen molar-refractivity contribution in [3.63, 3.8) is 0 Å². The van der Waals surface area contributed by atoms with Gasteiger partial charge in [-0.05, 0) is 37.6 Å². The predicted molar refractivity (Wildman–Crippen MR) is 104 cm³/mol. The number of imide groups is 1. The Kier molecular flexibility index (Phi) is 4.72. The summed E-state index contributed by atoms with van der Waals surface area (Å²) in [5.41, 5.74) is 2.10. The van der Waals surface area contributed by atoms with E-state index < -0.39 is 12.1 Å². The minimum absolute atomic E-state index is 0.105. The van der Waals surface area contributed by atoms with Gasteiger partial charge in [-0.2, -0.15) is 0 Å². The normalized spacial score (nSPS) is 17.0. The number of urea groups is 1. The lowest BCUT2D eigenvalue weighted by Gasteiger charge is -2.14. The van der Waals surface area contributed by atoms with E-state index in [0.29, 0.717) is 17.1 Å². The minimum Gasteiger partial charge on any atom is -0.325 e. The van der Waals surface area contributed by atoms with Crippen molar-refractivity contribution in [3.05, 3.63) is 52.9 Å². The second-order valence-electron chi connectivity index (χ2n) is 7.05. The van der Waals surface area contributed by atoms with Gasteiger partial charge in [-0.1, -0.05) is 22.9 Å². The van der Waals surface area contributed by atoms with Crippen LogP contribution in [0.1, 0.15) is 31.1 Å². The molecule has 3 heterocycles. The topological polar surface area (TPSA) is 93.0 Å². The van der Waals surface area contributed by atoms with Crippen LogP contribution in [-0.4, -0.2) is 42.9 Å². The molecule has 1 N–H and O–H groups in total. The Hall–Kier alpha value is -3.00. The molecule has 0 radical (unpaired) electrons. The van der Waals surface area contributed by atoms with Gasteiger partial charge < -0.3 is 5.32 Å². The van der Waals surface area contributed by atoms with Crippen LogP contribution in [0.4, 0.5) is 4.79 Å². The molecule has 9 heteroatoms. The zero-order valence-corrected chi connectivity index (χ0v) is 16.2. The van der Waals surface area contributed by atoms with Crippen molar-refractivity contribution in [2.75, 3.05) is 0 Å². The number of hydrogen-bond acceptors (Lipinski definition) is 5. The molecule has 1 aliphatic rings. The molecule has 0 unspecified atom stereocenters. The van der Waals surface area contributed by atoms with Gasteiger partial charge in [-0.15, -0.1) is 5.10 Å². The van der Waals surface area contributed by atoms with Gasteiger partial charge in [0, 0.05) is 35.3 Å². The molecule has 28 heavy (non-hydrogen) atoms. The first-order valence-corrected chi connectivity index (χ1v) is 9.36. The zero-order chi connectivity index (χ0) is 19.8. The maximum Gasteiger partial charge on any atom is 0.325 e. The zero-order valence-electron chi connectivity index (χ0n) is 15.5. The Bertz CT molecular complexity index is 1060. The second-order valence-corrected chi connectivity index (χ2v) is 7.49. The monoisotopic (exact) mass is 398 g/mol. The molecule has 144 valence electrons. The number of amides is 3. The molecule has 1 fully saturated rings. The summed E-state index contributed by atoms with van der Waals surface area (Å²) in [6, 6.07) is 6.33. The number of rotatable bonds is 5. The smallest absolute Gasteiger partial charge is 0.325 e. The maximum atomic E-state index is 12.8. The third-order valence-corrected chi connectivity index (χ3v) is 4.90. The summed E-state index contributed by atoms with van der Waals surface area (Å²) in [6.45, 7) is 4.09. The highest BCUT2D eigenvalue weighted by atomic mass is 35.5. The van der Waals surface area contributed by atoms with Crippen LogP contribution in [0.2, 0.25) is 5.02 Å². The highest BCUT2D eigenvalue weighted by Gasteiger charge is 2.38. The fourth-order valence-electron chi connectivity index (χ4n) is 3.25. The summed E-state index contributed by atoms with van der Waals surface area (Å²) in [5.74, 6) is -0.298. The van der Waals surface area contributed by atoms with Crippen LogP contribution in [0, 0.1) is 0 Å². The van der Waals surface area contributed by atoms with Crippen molar-refractivity contribution in [1.82, 2.24) is 30.2 Å². The number of fused-ring (bicyclic) bond motifs is 1. The second kappa shape index (κ2) is 7.20. The Balaban J connectivity index is 1.55. The van der Waals surface area contributed by atoms with Crippen LogP contribution < -0.4 is 5.32 Å². The van der Waals surface area contributed by atoms with E-state index in [4.69, 9.17) is 11.6 Å². The van der Waals surface area contributed by atoms with Gasteiger partial charge in [0.05, 0.1) is 17.8 Å². The van der Waals surface area contributed by atoms with Crippen molar-refractivity contribution in [2.24, 2.45) is 0 Å². The first-order valence-electron chi connectivity index (χ1n) is 8.98. The summed E-state index contributed by atoms with van der Waals surface area (Å²) < 4.78 is 1.72. The first kappa shape index (κ1) is 18.4. The summed E-state index contributed by atoms with van der Waals surface area (Å²) in [5, 5.41) is 12.2. The number of nitrogens with zero attached hydrogens (tertiary/aromatic N) is 5. The number of hydrogen-bond donors (Lipinski definition) is 1. The van der Waals surface area contributed by atoms with Crippen LogP contribution in [0.3, 0.4) is 0 Å². The van der Waals surface area contributed by atoms with Crippen molar-refractivity contribution in [2.45, 2.75) is 38.9 Å². The Morgan fingerprint density at radius 3 is 2.86 bits per heavy atom. The lowest BCUT2D eigenvalue weighted by atomic mass is 10.1. The van der Waals surface area contributed by atoms with Gasteiger partial charge in [-0.25, -0.2) is 9.48 Å². The molecule has 0 aliphatic carbocycles. The molecule has 3 aromatic rings. The van der Waals surface area contributed by atoms with Gasteiger partial charge >= 0.3 is 6.03 Å². The highest BCUT2D eigenvalue weighted by molar-refractivity contribution is 6.31. The summed E-state index contributed by atoms with van der Waals surface area (Å²) in [7, 11) is 0. The van der Waals surface area contributed by atoms with E-state index in [-0.39, 0.29) is 18.5 Å². The average Bonchev–Trinajstić information content (AvgIpc) is 3.22. The number of carbonyl (C=O) groups excluding carboxylic acids is 2. The van der Waals surface area contributed by atoms with E-state index in [0.717, 1.165) is 16.5 Å². The van der Waals surface area contributed by atoms with Crippen molar-refractivity contribution in [3.8, 4) is 0 Å². The molecule has 1 aromatic carbocycles. The molecule has 0 saturated carbocycles. The lowest BCUT2D eigenvalue weighted by molar-refractivity contribution is -0.127. The summed E-state index contributed by atoms with van der Waals surface area (Å²) in [4.78, 5) is 30.8. The number of halogens is 1. The average molecular weight is 399 g/mol. The van der Waals surface area contributed by atoms with Crippen molar-refractivity contribution >= 4 is 34.4 Å². The van der Waals surface area contributed by atoms with Crippen LogP contribution in [0.25, 0.3) is 10.9 Å². The molecule has 1 atom stereocenters. The van der Waals surface area contributed by atoms with Crippen LogP contribution >= 0.6 is 11.6 Å². The molecule has 4 rings (SSSR count). The predicted octanol–water partition coefficient (Wildman–Crippen LogP) is 2.72. The molecule has 3 amide bonds. The molecule has 8 nitrogen and oxygen atoms in total. The SMILES string of the molecule is CC(C)n1cc(C[C@@H]2NC(=O)N(Cc3cc(Cl)cc4cccnc34)C2=O)nn1. The number of pyridine rings is 1. The number of carbonyl (C=O) groups is 2.